The van der Waals surface area contributed by atoms with E-state index in [9.17, 15) is 0 Å². The van der Waals surface area contributed by atoms with Crippen LogP contribution in [0.5, 0.6) is 0 Å². The molecule has 0 spiro atoms. The average Bonchev–Trinajstić information content (AvgIpc) is 3.19. The van der Waals surface area contributed by atoms with Crippen LogP contribution in [-0.4, -0.2) is 28.6 Å². The van der Waals surface area contributed by atoms with Gasteiger partial charge < -0.3 is 15.8 Å². The molecule has 1 aromatic rings. The van der Waals surface area contributed by atoms with Crippen LogP contribution in [0.1, 0.15) is 32.3 Å². The minimum Gasteiger partial charge on any atom is -0.409 e. The zero-order valence-electron chi connectivity index (χ0n) is 11.2. The number of aromatic nitrogens is 1. The predicted octanol–water partition coefficient (Wildman–Crippen LogP) is 2.45. The maximum Gasteiger partial charge on any atom is 0.171 e. The Morgan fingerprint density at radius 1 is 1.63 bits per heavy atom. The Morgan fingerprint density at radius 2 is 2.32 bits per heavy atom. The summed E-state index contributed by atoms with van der Waals surface area (Å²) in [5.74, 6) is 1.43. The zero-order chi connectivity index (χ0) is 14.0. The predicted molar refractivity (Wildman–Crippen MR) is 77.0 cm³/mol. The van der Waals surface area contributed by atoms with Crippen molar-refractivity contribution >= 4 is 23.3 Å². The second kappa shape index (κ2) is 5.65. The van der Waals surface area contributed by atoms with Gasteiger partial charge in [-0.25, -0.2) is 4.98 Å². The van der Waals surface area contributed by atoms with Crippen LogP contribution in [0.3, 0.4) is 0 Å². The number of hydrogen-bond acceptors (Lipinski definition) is 4. The number of anilines is 1. The lowest BCUT2D eigenvalue weighted by atomic mass is 10.2. The highest BCUT2D eigenvalue weighted by Gasteiger charge is 2.28. The van der Waals surface area contributed by atoms with E-state index in [2.05, 4.69) is 28.9 Å². The monoisotopic (exact) mass is 282 g/mol. The highest BCUT2D eigenvalue weighted by atomic mass is 35.5. The Kier molecular flexibility index (Phi) is 4.14. The molecule has 0 amide bonds. The van der Waals surface area contributed by atoms with Crippen molar-refractivity contribution in [2.24, 2.45) is 16.8 Å². The SMILES string of the molecule is CC(C)N(CC1CC1)c1nccc(/C(N)=N/O)c1Cl. The molecule has 1 heterocycles. The van der Waals surface area contributed by atoms with E-state index < -0.39 is 0 Å². The van der Waals surface area contributed by atoms with Gasteiger partial charge in [-0.2, -0.15) is 0 Å². The van der Waals surface area contributed by atoms with Crippen LogP contribution in [0.15, 0.2) is 17.4 Å². The maximum absolute atomic E-state index is 8.78. The Labute approximate surface area is 118 Å². The van der Waals surface area contributed by atoms with Crippen LogP contribution in [0.2, 0.25) is 5.02 Å². The van der Waals surface area contributed by atoms with E-state index in [1.54, 1.807) is 12.3 Å². The van der Waals surface area contributed by atoms with Crippen molar-refractivity contribution in [3.8, 4) is 0 Å². The zero-order valence-corrected chi connectivity index (χ0v) is 11.9. The van der Waals surface area contributed by atoms with Crippen molar-refractivity contribution in [3.05, 3.63) is 22.8 Å². The molecule has 0 atom stereocenters. The van der Waals surface area contributed by atoms with Crippen molar-refractivity contribution in [3.63, 3.8) is 0 Å². The molecule has 0 aromatic carbocycles. The lowest BCUT2D eigenvalue weighted by Gasteiger charge is -2.29. The van der Waals surface area contributed by atoms with Gasteiger partial charge in [0.2, 0.25) is 0 Å². The summed E-state index contributed by atoms with van der Waals surface area (Å²) >= 11 is 6.35. The van der Waals surface area contributed by atoms with Crippen molar-refractivity contribution in [2.75, 3.05) is 11.4 Å². The topological polar surface area (TPSA) is 74.7 Å². The molecule has 1 aromatic heterocycles. The summed E-state index contributed by atoms with van der Waals surface area (Å²) in [7, 11) is 0. The van der Waals surface area contributed by atoms with Gasteiger partial charge in [0.25, 0.3) is 0 Å². The van der Waals surface area contributed by atoms with E-state index in [1.807, 2.05) is 0 Å². The molecular weight excluding hydrogens is 264 g/mol. The van der Waals surface area contributed by atoms with Crippen LogP contribution in [-0.2, 0) is 0 Å². The smallest absolute Gasteiger partial charge is 0.171 e. The van der Waals surface area contributed by atoms with Crippen LogP contribution < -0.4 is 10.6 Å². The van der Waals surface area contributed by atoms with E-state index in [-0.39, 0.29) is 5.84 Å². The largest absolute Gasteiger partial charge is 0.409 e. The molecule has 104 valence electrons. The van der Waals surface area contributed by atoms with Gasteiger partial charge >= 0.3 is 0 Å². The highest BCUT2D eigenvalue weighted by molar-refractivity contribution is 6.36. The number of nitrogens with two attached hydrogens (primary N) is 1. The third kappa shape index (κ3) is 3.10. The fourth-order valence-electron chi connectivity index (χ4n) is 2.01. The maximum atomic E-state index is 8.78. The summed E-state index contributed by atoms with van der Waals surface area (Å²) in [6.07, 6.45) is 4.17. The molecule has 2 rings (SSSR count). The second-order valence-electron chi connectivity index (χ2n) is 5.17. The number of halogens is 1. The van der Waals surface area contributed by atoms with Gasteiger partial charge in [-0.1, -0.05) is 16.8 Å². The first-order valence-corrected chi connectivity index (χ1v) is 6.81. The van der Waals surface area contributed by atoms with Crippen molar-refractivity contribution < 1.29 is 5.21 Å². The molecule has 0 saturated heterocycles. The van der Waals surface area contributed by atoms with E-state index in [1.165, 1.54) is 12.8 Å². The van der Waals surface area contributed by atoms with Crippen LogP contribution in [0, 0.1) is 5.92 Å². The quantitative estimate of drug-likeness (QED) is 0.376. The first-order valence-electron chi connectivity index (χ1n) is 6.43. The Hall–Kier alpha value is -1.49. The molecule has 3 N–H and O–H groups in total. The fraction of sp³-hybridized carbons (Fsp3) is 0.538. The fourth-order valence-corrected chi connectivity index (χ4v) is 2.32. The van der Waals surface area contributed by atoms with Crippen molar-refractivity contribution in [1.29, 1.82) is 0 Å². The third-order valence-corrected chi connectivity index (χ3v) is 3.67. The number of amidine groups is 1. The van der Waals surface area contributed by atoms with E-state index >= 15 is 0 Å². The second-order valence-corrected chi connectivity index (χ2v) is 5.55. The van der Waals surface area contributed by atoms with Crippen LogP contribution >= 0.6 is 11.6 Å². The minimum absolute atomic E-state index is 0.00350. The van der Waals surface area contributed by atoms with Gasteiger partial charge in [0.05, 0.1) is 5.02 Å². The van der Waals surface area contributed by atoms with Crippen LogP contribution in [0.25, 0.3) is 0 Å². The Balaban J connectivity index is 2.36. The van der Waals surface area contributed by atoms with E-state index in [0.717, 1.165) is 12.5 Å². The van der Waals surface area contributed by atoms with E-state index in [0.29, 0.717) is 22.4 Å². The number of pyridine rings is 1. The molecule has 0 radical (unpaired) electrons. The molecular formula is C13H19ClN4O. The van der Waals surface area contributed by atoms with Gasteiger partial charge in [-0.15, -0.1) is 0 Å². The van der Waals surface area contributed by atoms with Gasteiger partial charge in [0.15, 0.2) is 5.84 Å². The van der Waals surface area contributed by atoms with Gasteiger partial charge in [0, 0.05) is 24.3 Å². The average molecular weight is 283 g/mol. The first kappa shape index (κ1) is 13.9. The molecule has 1 fully saturated rings. The summed E-state index contributed by atoms with van der Waals surface area (Å²) < 4.78 is 0. The highest BCUT2D eigenvalue weighted by Crippen LogP contribution is 2.34. The molecule has 0 aliphatic heterocycles. The lowest BCUT2D eigenvalue weighted by Crippen LogP contribution is -2.34. The standard InChI is InChI=1S/C13H19ClN4O/c1-8(2)18(7-9-3-4-9)13-11(14)10(5-6-16-13)12(15)17-19/h5-6,8-9,19H,3-4,7H2,1-2H3,(H2,15,17). The molecule has 5 nitrogen and oxygen atoms in total. The molecule has 1 aliphatic rings. The third-order valence-electron chi connectivity index (χ3n) is 3.30. The minimum atomic E-state index is 0.00350. The Morgan fingerprint density at radius 3 is 2.84 bits per heavy atom. The van der Waals surface area contributed by atoms with E-state index in [4.69, 9.17) is 22.5 Å². The molecule has 1 saturated carbocycles. The Bertz CT molecular complexity index is 486. The summed E-state index contributed by atoms with van der Waals surface area (Å²) in [4.78, 5) is 6.53. The molecule has 0 unspecified atom stereocenters. The molecule has 6 heteroatoms. The van der Waals surface area contributed by atoms with Crippen molar-refractivity contribution in [1.82, 2.24) is 4.98 Å². The van der Waals surface area contributed by atoms with Crippen LogP contribution in [0.4, 0.5) is 5.82 Å². The molecule has 0 bridgehead atoms. The normalized spacial score (nSPS) is 15.9. The molecule has 19 heavy (non-hydrogen) atoms. The number of nitrogens with zero attached hydrogens (tertiary/aromatic N) is 3. The van der Waals surface area contributed by atoms with Gasteiger partial charge in [-0.3, -0.25) is 0 Å². The summed E-state index contributed by atoms with van der Waals surface area (Å²) in [5, 5.41) is 12.2. The summed E-state index contributed by atoms with van der Waals surface area (Å²) in [6, 6.07) is 1.95. The van der Waals surface area contributed by atoms with Gasteiger partial charge in [0.1, 0.15) is 5.82 Å². The number of rotatable bonds is 5. The van der Waals surface area contributed by atoms with Crippen molar-refractivity contribution in [2.45, 2.75) is 32.7 Å². The summed E-state index contributed by atoms with van der Waals surface area (Å²) in [5.41, 5.74) is 6.13. The molecule has 1 aliphatic carbocycles. The number of hydrogen-bond donors (Lipinski definition) is 2. The summed E-state index contributed by atoms with van der Waals surface area (Å²) in [6.45, 7) is 5.16. The first-order chi connectivity index (χ1) is 9.04. The number of oxime groups is 1. The lowest BCUT2D eigenvalue weighted by molar-refractivity contribution is 0.318. The van der Waals surface area contributed by atoms with Gasteiger partial charge in [-0.05, 0) is 38.7 Å².